The van der Waals surface area contributed by atoms with Crippen LogP contribution in [-0.2, 0) is 17.0 Å². The van der Waals surface area contributed by atoms with Gasteiger partial charge in [0.15, 0.2) is 9.04 Å². The second-order valence-corrected chi connectivity index (χ2v) is 13.4. The minimum atomic E-state index is -4.49. The zero-order chi connectivity index (χ0) is 26.7. The van der Waals surface area contributed by atoms with Gasteiger partial charge in [-0.2, -0.15) is 13.2 Å². The van der Waals surface area contributed by atoms with Crippen LogP contribution in [0.15, 0.2) is 41.3 Å². The summed E-state index contributed by atoms with van der Waals surface area (Å²) in [6.07, 6.45) is -1.52. The van der Waals surface area contributed by atoms with Crippen molar-refractivity contribution in [1.82, 2.24) is 0 Å². The molecule has 10 heteroatoms. The maximum atomic E-state index is 13.5. The third kappa shape index (κ3) is 7.20. The molecule has 0 saturated heterocycles. The predicted molar refractivity (Wildman–Crippen MR) is 143 cm³/mol. The van der Waals surface area contributed by atoms with Crippen LogP contribution in [0.1, 0.15) is 38.3 Å². The Labute approximate surface area is 217 Å². The summed E-state index contributed by atoms with van der Waals surface area (Å²) >= 11 is 1.06. The van der Waals surface area contributed by atoms with Gasteiger partial charge in [-0.1, -0.05) is 26.8 Å². The molecule has 0 spiro atoms. The van der Waals surface area contributed by atoms with E-state index in [1.165, 1.54) is 4.90 Å². The summed E-state index contributed by atoms with van der Waals surface area (Å²) in [6.45, 7) is 11.5. The molecule has 2 amide bonds. The number of carbonyl (C=O) groups excluding carboxylic acids is 1. The van der Waals surface area contributed by atoms with E-state index in [0.29, 0.717) is 36.7 Å². The minimum absolute atomic E-state index is 0.00499. The topological polar surface area (TPSA) is 50.8 Å². The van der Waals surface area contributed by atoms with Gasteiger partial charge in [-0.15, -0.1) is 11.8 Å². The molecular weight excluding hydrogens is 505 g/mol. The average molecular weight is 541 g/mol. The molecule has 0 saturated carbocycles. The van der Waals surface area contributed by atoms with Crippen molar-refractivity contribution in [3.63, 3.8) is 0 Å². The molecule has 5 nitrogen and oxygen atoms in total. The molecule has 2 aromatic rings. The van der Waals surface area contributed by atoms with Crippen LogP contribution >= 0.6 is 11.8 Å². The number of ether oxygens (including phenoxy) is 1. The van der Waals surface area contributed by atoms with Gasteiger partial charge >= 0.3 is 12.2 Å². The quantitative estimate of drug-likeness (QED) is 0.284. The van der Waals surface area contributed by atoms with Crippen LogP contribution in [0.3, 0.4) is 0 Å². The molecule has 198 valence electrons. The molecule has 1 N–H and O–H groups in total. The fraction of sp³-hybridized carbons (Fsp3) is 0.500. The van der Waals surface area contributed by atoms with Crippen molar-refractivity contribution in [1.29, 1.82) is 0 Å². The van der Waals surface area contributed by atoms with Gasteiger partial charge < -0.3 is 14.5 Å². The Bertz CT molecular complexity index is 1070. The number of rotatable bonds is 8. The van der Waals surface area contributed by atoms with Crippen molar-refractivity contribution >= 4 is 38.2 Å². The molecule has 0 aliphatic carbocycles. The highest BCUT2D eigenvalue weighted by Crippen LogP contribution is 2.42. The molecule has 0 aromatic heterocycles. The number of amides is 2. The largest absolute Gasteiger partial charge is 0.493 e. The number of hydrogen-bond donors (Lipinski definition) is 1. The number of nitrogens with zero attached hydrogens (tertiary/aromatic N) is 1. The number of urea groups is 1. The zero-order valence-electron chi connectivity index (χ0n) is 21.7. The number of carbonyl (C=O) groups is 1. The standard InChI is InChI=1S/C26H35F3N2O3SSi/c1-25(2,3)23(34-36(5)6)11-13-33-19-9-7-8-18(15-19)30-24(32)31-12-10-17-14-22(35-4)20(16-21(17)31)26(27,28)29/h7-9,14-16,23,36H,10-13H2,1-6H3,(H,30,32). The van der Waals surface area contributed by atoms with Gasteiger partial charge in [0.2, 0.25) is 0 Å². The van der Waals surface area contributed by atoms with Crippen LogP contribution in [0.2, 0.25) is 13.1 Å². The van der Waals surface area contributed by atoms with Crippen molar-refractivity contribution < 1.29 is 27.1 Å². The first-order valence-electron chi connectivity index (χ1n) is 12.0. The molecule has 0 bridgehead atoms. The Hall–Kier alpha value is -2.17. The van der Waals surface area contributed by atoms with Crippen LogP contribution in [0, 0.1) is 5.41 Å². The Kier molecular flexibility index (Phi) is 9.05. The summed E-state index contributed by atoms with van der Waals surface area (Å²) in [5.74, 6) is 0.605. The monoisotopic (exact) mass is 540 g/mol. The summed E-state index contributed by atoms with van der Waals surface area (Å²) in [7, 11) is -1.19. The lowest BCUT2D eigenvalue weighted by molar-refractivity contribution is -0.139. The fourth-order valence-electron chi connectivity index (χ4n) is 4.19. The molecule has 1 aliphatic heterocycles. The van der Waals surface area contributed by atoms with E-state index in [9.17, 15) is 18.0 Å². The van der Waals surface area contributed by atoms with Crippen molar-refractivity contribution in [3.05, 3.63) is 47.5 Å². The van der Waals surface area contributed by atoms with E-state index in [1.54, 1.807) is 30.5 Å². The van der Waals surface area contributed by atoms with Gasteiger partial charge in [0.05, 0.1) is 18.3 Å². The molecule has 3 rings (SSSR count). The van der Waals surface area contributed by atoms with Crippen LogP contribution in [0.5, 0.6) is 5.75 Å². The first-order chi connectivity index (χ1) is 16.8. The highest BCUT2D eigenvalue weighted by molar-refractivity contribution is 7.98. The molecule has 36 heavy (non-hydrogen) atoms. The smallest absolute Gasteiger partial charge is 0.417 e. The zero-order valence-corrected chi connectivity index (χ0v) is 23.6. The maximum Gasteiger partial charge on any atom is 0.417 e. The van der Waals surface area contributed by atoms with Crippen molar-refractivity contribution in [2.75, 3.05) is 29.6 Å². The summed E-state index contributed by atoms with van der Waals surface area (Å²) in [6, 6.07) is 9.18. The fourth-order valence-corrected chi connectivity index (χ4v) is 6.04. The first kappa shape index (κ1) is 28.4. The molecule has 0 radical (unpaired) electrons. The van der Waals surface area contributed by atoms with E-state index in [-0.39, 0.29) is 16.4 Å². The van der Waals surface area contributed by atoms with Crippen molar-refractivity contribution in [2.24, 2.45) is 5.41 Å². The number of hydrogen-bond acceptors (Lipinski definition) is 4. The lowest BCUT2D eigenvalue weighted by Crippen LogP contribution is -2.34. The number of fused-ring (bicyclic) bond motifs is 1. The Morgan fingerprint density at radius 1 is 1.19 bits per heavy atom. The summed E-state index contributed by atoms with van der Waals surface area (Å²) in [4.78, 5) is 14.5. The van der Waals surface area contributed by atoms with Gasteiger partial charge in [-0.05, 0) is 61.0 Å². The molecular formula is C26H35F3N2O3SSi. The molecule has 1 atom stereocenters. The normalized spacial score (nSPS) is 14.7. The van der Waals surface area contributed by atoms with Crippen molar-refractivity contribution in [2.45, 2.75) is 63.9 Å². The van der Waals surface area contributed by atoms with Crippen LogP contribution < -0.4 is 15.0 Å². The lowest BCUT2D eigenvalue weighted by atomic mass is 9.87. The highest BCUT2D eigenvalue weighted by atomic mass is 32.2. The Morgan fingerprint density at radius 3 is 2.53 bits per heavy atom. The SMILES string of the molecule is CSc1cc2c(cc1C(F)(F)F)N(C(=O)Nc1cccc(OCCC(O[SiH](C)C)C(C)(C)C)c1)CC2. The summed E-state index contributed by atoms with van der Waals surface area (Å²) < 4.78 is 52.8. The predicted octanol–water partition coefficient (Wildman–Crippen LogP) is 7.21. The molecule has 1 heterocycles. The maximum absolute atomic E-state index is 13.5. The Balaban J connectivity index is 1.67. The van der Waals surface area contributed by atoms with E-state index in [0.717, 1.165) is 29.8 Å². The molecule has 1 aliphatic rings. The van der Waals surface area contributed by atoms with E-state index < -0.39 is 26.8 Å². The van der Waals surface area contributed by atoms with E-state index in [1.807, 2.05) is 6.07 Å². The number of alkyl halides is 3. The van der Waals surface area contributed by atoms with Gasteiger partial charge in [0.1, 0.15) is 5.75 Å². The van der Waals surface area contributed by atoms with Gasteiger partial charge in [-0.25, -0.2) is 4.79 Å². The van der Waals surface area contributed by atoms with Crippen molar-refractivity contribution in [3.8, 4) is 5.75 Å². The molecule has 1 unspecified atom stereocenters. The summed E-state index contributed by atoms with van der Waals surface area (Å²) in [5, 5.41) is 2.80. The lowest BCUT2D eigenvalue weighted by Gasteiger charge is -2.32. The van der Waals surface area contributed by atoms with Crippen LogP contribution in [0.4, 0.5) is 29.3 Å². The van der Waals surface area contributed by atoms with Gasteiger partial charge in [0.25, 0.3) is 0 Å². The Morgan fingerprint density at radius 2 is 1.92 bits per heavy atom. The third-order valence-electron chi connectivity index (χ3n) is 5.98. The second-order valence-electron chi connectivity index (χ2n) is 10.2. The van der Waals surface area contributed by atoms with E-state index >= 15 is 0 Å². The van der Waals surface area contributed by atoms with E-state index in [2.05, 4.69) is 39.2 Å². The van der Waals surface area contributed by atoms with E-state index in [4.69, 9.17) is 9.16 Å². The molecule has 2 aromatic carbocycles. The minimum Gasteiger partial charge on any atom is -0.493 e. The average Bonchev–Trinajstić information content (AvgIpc) is 3.19. The van der Waals surface area contributed by atoms with Crippen LogP contribution in [-0.4, -0.2) is 40.6 Å². The van der Waals surface area contributed by atoms with Crippen LogP contribution in [0.25, 0.3) is 0 Å². The number of nitrogens with one attached hydrogen (secondary N) is 1. The number of halogens is 3. The molecule has 0 fully saturated rings. The first-order valence-corrected chi connectivity index (χ1v) is 16.0. The second kappa shape index (κ2) is 11.5. The number of benzene rings is 2. The summed E-state index contributed by atoms with van der Waals surface area (Å²) in [5.41, 5.74) is 0.833. The highest BCUT2D eigenvalue weighted by Gasteiger charge is 2.36. The number of thioether (sulfide) groups is 1. The number of anilines is 2. The van der Waals surface area contributed by atoms with Gasteiger partial charge in [-0.3, -0.25) is 4.90 Å². The third-order valence-corrected chi connectivity index (χ3v) is 7.63. The van der Waals surface area contributed by atoms with Gasteiger partial charge in [0, 0.05) is 35.3 Å².